The molecular formula is C14H16N2O3. The molecule has 19 heavy (non-hydrogen) atoms. The smallest absolute Gasteiger partial charge is 0.339 e. The molecule has 0 spiro atoms. The summed E-state index contributed by atoms with van der Waals surface area (Å²) in [5.74, 6) is 0.771. The van der Waals surface area contributed by atoms with Crippen LogP contribution in [0.25, 0.3) is 5.52 Å². The molecular weight excluding hydrogens is 244 g/mol. The molecule has 1 aliphatic heterocycles. The van der Waals surface area contributed by atoms with Gasteiger partial charge < -0.3 is 18.8 Å². The molecule has 0 amide bonds. The summed E-state index contributed by atoms with van der Waals surface area (Å²) >= 11 is 0. The van der Waals surface area contributed by atoms with Gasteiger partial charge in [-0.1, -0.05) is 0 Å². The van der Waals surface area contributed by atoms with Gasteiger partial charge in [-0.2, -0.15) is 0 Å². The molecule has 0 saturated carbocycles. The molecule has 2 aromatic heterocycles. The van der Waals surface area contributed by atoms with E-state index in [1.807, 2.05) is 22.7 Å². The summed E-state index contributed by atoms with van der Waals surface area (Å²) in [4.78, 5) is 13.9. The quantitative estimate of drug-likeness (QED) is 0.769. The van der Waals surface area contributed by atoms with Gasteiger partial charge in [0, 0.05) is 24.8 Å². The Morgan fingerprint density at radius 3 is 2.68 bits per heavy atom. The molecule has 1 saturated heterocycles. The number of aromatic nitrogens is 1. The van der Waals surface area contributed by atoms with Crippen LogP contribution in [0.1, 0.15) is 10.4 Å². The lowest BCUT2D eigenvalue weighted by Gasteiger charge is -2.28. The number of morpholine rings is 1. The Balaban J connectivity index is 2.02. The van der Waals surface area contributed by atoms with Crippen molar-refractivity contribution >= 4 is 17.3 Å². The van der Waals surface area contributed by atoms with Crippen molar-refractivity contribution in [2.75, 3.05) is 38.3 Å². The van der Waals surface area contributed by atoms with Crippen molar-refractivity contribution in [3.05, 3.63) is 36.0 Å². The predicted molar refractivity (Wildman–Crippen MR) is 71.8 cm³/mol. The minimum Gasteiger partial charge on any atom is -0.465 e. The van der Waals surface area contributed by atoms with Gasteiger partial charge in [0.2, 0.25) is 0 Å². The normalized spacial score (nSPS) is 15.7. The van der Waals surface area contributed by atoms with Crippen LogP contribution in [0.15, 0.2) is 30.5 Å². The van der Waals surface area contributed by atoms with Crippen LogP contribution >= 0.6 is 0 Å². The highest BCUT2D eigenvalue weighted by Gasteiger charge is 2.15. The lowest BCUT2D eigenvalue weighted by molar-refractivity contribution is 0.0600. The fourth-order valence-electron chi connectivity index (χ4n) is 2.38. The van der Waals surface area contributed by atoms with Crippen molar-refractivity contribution in [1.82, 2.24) is 4.40 Å². The lowest BCUT2D eigenvalue weighted by Crippen LogP contribution is -2.36. The zero-order valence-electron chi connectivity index (χ0n) is 10.8. The summed E-state index contributed by atoms with van der Waals surface area (Å²) in [7, 11) is 1.39. The minimum absolute atomic E-state index is 0.316. The molecule has 5 nitrogen and oxygen atoms in total. The molecule has 0 atom stereocenters. The third-order valence-corrected chi connectivity index (χ3v) is 3.39. The average Bonchev–Trinajstić information content (AvgIpc) is 2.90. The Kier molecular flexibility index (Phi) is 3.13. The molecule has 0 N–H and O–H groups in total. The third-order valence-electron chi connectivity index (χ3n) is 3.39. The maximum absolute atomic E-state index is 11.6. The highest BCUT2D eigenvalue weighted by molar-refractivity contribution is 5.89. The second kappa shape index (κ2) is 4.93. The van der Waals surface area contributed by atoms with Gasteiger partial charge in [0.15, 0.2) is 0 Å². The largest absolute Gasteiger partial charge is 0.465 e. The van der Waals surface area contributed by atoms with Gasteiger partial charge in [0.25, 0.3) is 0 Å². The summed E-state index contributed by atoms with van der Waals surface area (Å²) in [5, 5.41) is 0. The fourth-order valence-corrected chi connectivity index (χ4v) is 2.38. The zero-order chi connectivity index (χ0) is 13.2. The van der Waals surface area contributed by atoms with E-state index in [9.17, 15) is 4.79 Å². The molecule has 5 heteroatoms. The summed E-state index contributed by atoms with van der Waals surface area (Å²) in [6.07, 6.45) is 1.83. The first-order valence-corrected chi connectivity index (χ1v) is 6.32. The van der Waals surface area contributed by atoms with Crippen molar-refractivity contribution in [1.29, 1.82) is 0 Å². The number of carbonyl (C=O) groups excluding carboxylic acids is 1. The number of rotatable bonds is 2. The number of carbonyl (C=O) groups is 1. The number of methoxy groups -OCH3 is 1. The van der Waals surface area contributed by atoms with Crippen molar-refractivity contribution in [2.45, 2.75) is 0 Å². The number of hydrogen-bond acceptors (Lipinski definition) is 4. The van der Waals surface area contributed by atoms with Gasteiger partial charge in [-0.15, -0.1) is 0 Å². The lowest BCUT2D eigenvalue weighted by atomic mass is 10.3. The van der Waals surface area contributed by atoms with Gasteiger partial charge in [-0.05, 0) is 24.3 Å². The van der Waals surface area contributed by atoms with Crippen LogP contribution in [0, 0.1) is 0 Å². The number of ether oxygens (including phenoxy) is 2. The highest BCUT2D eigenvalue weighted by atomic mass is 16.5. The van der Waals surface area contributed by atoms with E-state index in [4.69, 9.17) is 9.47 Å². The molecule has 1 aliphatic rings. The second-order valence-electron chi connectivity index (χ2n) is 4.50. The predicted octanol–water partition coefficient (Wildman–Crippen LogP) is 1.56. The van der Waals surface area contributed by atoms with Crippen molar-refractivity contribution in [3.63, 3.8) is 0 Å². The summed E-state index contributed by atoms with van der Waals surface area (Å²) in [6.45, 7) is 3.22. The number of pyridine rings is 1. The van der Waals surface area contributed by atoms with E-state index in [0.29, 0.717) is 5.56 Å². The zero-order valence-corrected chi connectivity index (χ0v) is 10.8. The van der Waals surface area contributed by atoms with E-state index in [0.717, 1.165) is 37.6 Å². The van der Waals surface area contributed by atoms with Crippen LogP contribution in [0.2, 0.25) is 0 Å². The van der Waals surface area contributed by atoms with E-state index in [1.165, 1.54) is 7.11 Å². The van der Waals surface area contributed by atoms with E-state index in [1.54, 1.807) is 6.07 Å². The standard InChI is InChI=1S/C14H16N2O3/c1-18-14(17)11-2-3-12-4-5-13(16(12)10-11)15-6-8-19-9-7-15/h2-5,10H,6-9H2,1H3. The van der Waals surface area contributed by atoms with Gasteiger partial charge in [0.1, 0.15) is 5.82 Å². The van der Waals surface area contributed by atoms with Crippen LogP contribution in [-0.2, 0) is 9.47 Å². The first-order chi connectivity index (χ1) is 9.29. The number of esters is 1. The Hall–Kier alpha value is -2.01. The number of nitrogens with zero attached hydrogens (tertiary/aromatic N) is 2. The summed E-state index contributed by atoms with van der Waals surface area (Å²) in [5.41, 5.74) is 1.62. The monoisotopic (exact) mass is 260 g/mol. The molecule has 0 unspecified atom stereocenters. The molecule has 100 valence electrons. The highest BCUT2D eigenvalue weighted by Crippen LogP contribution is 2.21. The van der Waals surface area contributed by atoms with Crippen molar-refractivity contribution in [2.24, 2.45) is 0 Å². The maximum atomic E-state index is 11.6. The minimum atomic E-state index is -0.316. The second-order valence-corrected chi connectivity index (χ2v) is 4.50. The van der Waals surface area contributed by atoms with E-state index in [-0.39, 0.29) is 5.97 Å². The maximum Gasteiger partial charge on any atom is 0.339 e. The van der Waals surface area contributed by atoms with Crippen LogP contribution < -0.4 is 4.90 Å². The first-order valence-electron chi connectivity index (χ1n) is 6.32. The molecule has 0 radical (unpaired) electrons. The SMILES string of the molecule is COC(=O)c1ccc2ccc(N3CCOCC3)n2c1. The molecule has 3 rings (SSSR count). The molecule has 0 aliphatic carbocycles. The average molecular weight is 260 g/mol. The molecule has 1 fully saturated rings. The van der Waals surface area contributed by atoms with Crippen LogP contribution in [0.4, 0.5) is 5.82 Å². The van der Waals surface area contributed by atoms with E-state index >= 15 is 0 Å². The van der Waals surface area contributed by atoms with Crippen LogP contribution in [-0.4, -0.2) is 43.8 Å². The Morgan fingerprint density at radius 2 is 1.95 bits per heavy atom. The van der Waals surface area contributed by atoms with Crippen LogP contribution in [0.5, 0.6) is 0 Å². The molecule has 0 bridgehead atoms. The third kappa shape index (κ3) is 2.17. The topological polar surface area (TPSA) is 43.2 Å². The van der Waals surface area contributed by atoms with E-state index in [2.05, 4.69) is 11.0 Å². The van der Waals surface area contributed by atoms with Gasteiger partial charge in [-0.3, -0.25) is 0 Å². The van der Waals surface area contributed by atoms with Crippen molar-refractivity contribution in [3.8, 4) is 0 Å². The summed E-state index contributed by atoms with van der Waals surface area (Å²) in [6, 6.07) is 7.83. The van der Waals surface area contributed by atoms with Crippen LogP contribution in [0.3, 0.4) is 0 Å². The Labute approximate surface area is 111 Å². The Morgan fingerprint density at radius 1 is 1.21 bits per heavy atom. The fraction of sp³-hybridized carbons (Fsp3) is 0.357. The van der Waals surface area contributed by atoms with Gasteiger partial charge in [-0.25, -0.2) is 4.79 Å². The van der Waals surface area contributed by atoms with Gasteiger partial charge >= 0.3 is 5.97 Å². The molecule has 3 heterocycles. The van der Waals surface area contributed by atoms with Crippen molar-refractivity contribution < 1.29 is 14.3 Å². The molecule has 0 aromatic carbocycles. The summed E-state index contributed by atoms with van der Waals surface area (Å²) < 4.78 is 12.2. The number of anilines is 1. The van der Waals surface area contributed by atoms with E-state index < -0.39 is 0 Å². The molecule has 2 aromatic rings. The number of fused-ring (bicyclic) bond motifs is 1. The first kappa shape index (κ1) is 12.0. The Bertz CT molecular complexity index is 600. The number of hydrogen-bond donors (Lipinski definition) is 0. The van der Waals surface area contributed by atoms with Gasteiger partial charge in [0.05, 0.1) is 25.9 Å².